The predicted octanol–water partition coefficient (Wildman–Crippen LogP) is 2.74. The number of hydrogen-bond acceptors (Lipinski definition) is 5. The molecule has 26 heavy (non-hydrogen) atoms. The molecule has 0 atom stereocenters. The number of aromatic nitrogens is 4. The normalized spacial score (nSPS) is 11.0. The molecule has 4 aromatic rings. The lowest BCUT2D eigenvalue weighted by Gasteiger charge is -2.11. The third kappa shape index (κ3) is 2.60. The predicted molar refractivity (Wildman–Crippen MR) is 101 cm³/mol. The Morgan fingerprint density at radius 1 is 1.23 bits per heavy atom. The van der Waals surface area contributed by atoms with Gasteiger partial charge < -0.3 is 14.5 Å². The third-order valence-electron chi connectivity index (χ3n) is 4.15. The number of hydrogen-bond donors (Lipinski definition) is 1. The van der Waals surface area contributed by atoms with Gasteiger partial charge >= 0.3 is 0 Å². The molecule has 0 unspecified atom stereocenters. The second kappa shape index (κ2) is 6.23. The molecule has 0 saturated carbocycles. The fraction of sp³-hybridized carbons (Fsp3) is 0.111. The van der Waals surface area contributed by atoms with E-state index >= 15 is 0 Å². The van der Waals surface area contributed by atoms with Crippen LogP contribution in [-0.4, -0.2) is 25.0 Å². The van der Waals surface area contributed by atoms with Crippen molar-refractivity contribution in [1.29, 1.82) is 0 Å². The van der Waals surface area contributed by atoms with E-state index in [1.54, 1.807) is 26.5 Å². The highest BCUT2D eigenvalue weighted by molar-refractivity contribution is 7.20. The Morgan fingerprint density at radius 3 is 2.81 bits per heavy atom. The molecule has 0 aliphatic carbocycles. The molecule has 8 heteroatoms. The van der Waals surface area contributed by atoms with Crippen LogP contribution in [0, 0.1) is 6.92 Å². The van der Waals surface area contributed by atoms with Gasteiger partial charge in [-0.3, -0.25) is 9.59 Å². The summed E-state index contributed by atoms with van der Waals surface area (Å²) in [6.07, 6.45) is 6.62. The molecule has 0 radical (unpaired) electrons. The summed E-state index contributed by atoms with van der Waals surface area (Å²) in [7, 11) is 1.65. The van der Waals surface area contributed by atoms with Crippen LogP contribution in [0.2, 0.25) is 0 Å². The summed E-state index contributed by atoms with van der Waals surface area (Å²) in [4.78, 5) is 34.6. The molecule has 0 aliphatic rings. The number of carbonyl (C=O) groups is 1. The Hall–Kier alpha value is -3.26. The van der Waals surface area contributed by atoms with Gasteiger partial charge in [-0.15, -0.1) is 11.3 Å². The number of amides is 1. The zero-order chi connectivity index (χ0) is 18.3. The summed E-state index contributed by atoms with van der Waals surface area (Å²) in [5.74, 6) is -0.264. The highest BCUT2D eigenvalue weighted by Crippen LogP contribution is 2.28. The number of nitrogens with zero attached hydrogens (tertiary/aromatic N) is 4. The molecule has 130 valence electrons. The van der Waals surface area contributed by atoms with Crippen LogP contribution in [0.3, 0.4) is 0 Å². The van der Waals surface area contributed by atoms with Crippen LogP contribution in [0.5, 0.6) is 0 Å². The number of thiophene rings is 1. The van der Waals surface area contributed by atoms with Crippen LogP contribution in [0.1, 0.15) is 15.2 Å². The first kappa shape index (κ1) is 16.2. The summed E-state index contributed by atoms with van der Waals surface area (Å²) in [6.45, 7) is 1.78. The number of anilines is 1. The van der Waals surface area contributed by atoms with Gasteiger partial charge in [-0.05, 0) is 24.6 Å². The largest absolute Gasteiger partial charge is 0.319 e. The molecule has 0 fully saturated rings. The molecule has 0 bridgehead atoms. The van der Waals surface area contributed by atoms with Gasteiger partial charge in [-0.25, -0.2) is 9.97 Å². The highest BCUT2D eigenvalue weighted by Gasteiger charge is 2.20. The Morgan fingerprint density at radius 2 is 2.04 bits per heavy atom. The average Bonchev–Trinajstić information content (AvgIpc) is 3.27. The average molecular weight is 365 g/mol. The maximum Gasteiger partial charge on any atom is 0.266 e. The van der Waals surface area contributed by atoms with Crippen molar-refractivity contribution >= 4 is 33.1 Å². The summed E-state index contributed by atoms with van der Waals surface area (Å²) >= 11 is 1.22. The molecular formula is C18H15N5O2S. The van der Waals surface area contributed by atoms with E-state index in [1.807, 2.05) is 35.0 Å². The topological polar surface area (TPSA) is 81.8 Å². The third-order valence-corrected chi connectivity index (χ3v) is 5.35. The monoisotopic (exact) mass is 365 g/mol. The van der Waals surface area contributed by atoms with Gasteiger partial charge in [0, 0.05) is 19.4 Å². The number of benzene rings is 1. The maximum atomic E-state index is 12.9. The number of fused-ring (bicyclic) bond motifs is 1. The summed E-state index contributed by atoms with van der Waals surface area (Å²) in [5.41, 5.74) is 1.97. The van der Waals surface area contributed by atoms with Crippen LogP contribution in [0.15, 0.2) is 54.1 Å². The SMILES string of the molecule is Cc1c(C(=O)Nc2ccccc2-n2ccnc2)sc2ncn(C)c(=O)c12. The van der Waals surface area contributed by atoms with Crippen molar-refractivity contribution in [1.82, 2.24) is 19.1 Å². The Bertz CT molecular complexity index is 1170. The molecule has 0 saturated heterocycles. The van der Waals surface area contributed by atoms with Crippen LogP contribution >= 0.6 is 11.3 Å². The molecule has 7 nitrogen and oxygen atoms in total. The van der Waals surface area contributed by atoms with E-state index in [9.17, 15) is 9.59 Å². The quantitative estimate of drug-likeness (QED) is 0.605. The van der Waals surface area contributed by atoms with E-state index in [0.29, 0.717) is 26.3 Å². The van der Waals surface area contributed by atoms with Gasteiger partial charge in [0.2, 0.25) is 0 Å². The molecule has 3 aromatic heterocycles. The van der Waals surface area contributed by atoms with Crippen molar-refractivity contribution < 1.29 is 4.79 Å². The van der Waals surface area contributed by atoms with E-state index in [4.69, 9.17) is 0 Å². The van der Waals surface area contributed by atoms with Gasteiger partial charge in [-0.1, -0.05) is 12.1 Å². The molecular weight excluding hydrogens is 350 g/mol. The van der Waals surface area contributed by atoms with E-state index in [2.05, 4.69) is 15.3 Å². The molecule has 0 aliphatic heterocycles. The van der Waals surface area contributed by atoms with Crippen molar-refractivity contribution in [3.8, 4) is 5.69 Å². The lowest BCUT2D eigenvalue weighted by molar-refractivity contribution is 0.103. The van der Waals surface area contributed by atoms with Crippen LogP contribution in [0.25, 0.3) is 15.9 Å². The zero-order valence-corrected chi connectivity index (χ0v) is 14.9. The molecule has 0 spiro atoms. The fourth-order valence-corrected chi connectivity index (χ4v) is 3.85. The summed E-state index contributed by atoms with van der Waals surface area (Å²) in [6, 6.07) is 7.47. The molecule has 1 aromatic carbocycles. The van der Waals surface area contributed by atoms with Gasteiger partial charge in [0.15, 0.2) is 0 Å². The van der Waals surface area contributed by atoms with Gasteiger partial charge in [-0.2, -0.15) is 0 Å². The standard InChI is InChI=1S/C18H15N5O2S/c1-11-14-17(20-10-22(2)18(14)25)26-15(11)16(24)21-12-5-3-4-6-13(12)23-8-7-19-9-23/h3-10H,1-2H3,(H,21,24). The first-order valence-electron chi connectivity index (χ1n) is 7.89. The summed E-state index contributed by atoms with van der Waals surface area (Å²) < 4.78 is 3.24. The number of rotatable bonds is 3. The molecule has 1 amide bonds. The van der Waals surface area contributed by atoms with Crippen molar-refractivity contribution in [3.05, 3.63) is 70.1 Å². The number of nitrogens with one attached hydrogen (secondary N) is 1. The second-order valence-electron chi connectivity index (χ2n) is 5.84. The Balaban J connectivity index is 1.75. The van der Waals surface area contributed by atoms with E-state index < -0.39 is 0 Å². The number of imidazole rings is 1. The smallest absolute Gasteiger partial charge is 0.266 e. The summed E-state index contributed by atoms with van der Waals surface area (Å²) in [5, 5.41) is 3.43. The van der Waals surface area contributed by atoms with Crippen molar-refractivity contribution in [2.24, 2.45) is 7.05 Å². The number of para-hydroxylation sites is 2. The van der Waals surface area contributed by atoms with E-state index in [0.717, 1.165) is 5.69 Å². The lowest BCUT2D eigenvalue weighted by Crippen LogP contribution is -2.17. The second-order valence-corrected chi connectivity index (χ2v) is 6.84. The minimum Gasteiger partial charge on any atom is -0.319 e. The van der Waals surface area contributed by atoms with Crippen LogP contribution < -0.4 is 10.9 Å². The maximum absolute atomic E-state index is 12.9. The fourth-order valence-electron chi connectivity index (χ4n) is 2.81. The van der Waals surface area contributed by atoms with Gasteiger partial charge in [0.05, 0.1) is 34.3 Å². The van der Waals surface area contributed by atoms with E-state index in [1.165, 1.54) is 22.2 Å². The molecule has 3 heterocycles. The van der Waals surface area contributed by atoms with Crippen molar-refractivity contribution in [3.63, 3.8) is 0 Å². The van der Waals surface area contributed by atoms with Gasteiger partial charge in [0.25, 0.3) is 11.5 Å². The van der Waals surface area contributed by atoms with Crippen molar-refractivity contribution in [2.45, 2.75) is 6.92 Å². The molecule has 1 N–H and O–H groups in total. The first-order valence-corrected chi connectivity index (χ1v) is 8.71. The minimum absolute atomic E-state index is 0.151. The highest BCUT2D eigenvalue weighted by atomic mass is 32.1. The lowest BCUT2D eigenvalue weighted by atomic mass is 10.2. The van der Waals surface area contributed by atoms with Crippen molar-refractivity contribution in [2.75, 3.05) is 5.32 Å². The van der Waals surface area contributed by atoms with Crippen LogP contribution in [0.4, 0.5) is 5.69 Å². The number of aryl methyl sites for hydroxylation is 2. The minimum atomic E-state index is -0.264. The van der Waals surface area contributed by atoms with Gasteiger partial charge in [0.1, 0.15) is 4.83 Å². The zero-order valence-electron chi connectivity index (χ0n) is 14.1. The molecule has 4 rings (SSSR count). The van der Waals surface area contributed by atoms with Crippen LogP contribution in [-0.2, 0) is 7.05 Å². The van der Waals surface area contributed by atoms with E-state index in [-0.39, 0.29) is 11.5 Å². The Kier molecular flexibility index (Phi) is 3.89. The Labute approximate surface area is 152 Å². The number of carbonyl (C=O) groups excluding carboxylic acids is 1. The first-order chi connectivity index (χ1) is 12.6.